The van der Waals surface area contributed by atoms with Gasteiger partial charge in [-0.2, -0.15) is 0 Å². The van der Waals surface area contributed by atoms with Crippen molar-refractivity contribution in [3.8, 4) is 0 Å². The summed E-state index contributed by atoms with van der Waals surface area (Å²) in [5.74, 6) is 1.53. The number of hydrogen-bond acceptors (Lipinski definition) is 1. The van der Waals surface area contributed by atoms with Crippen LogP contribution in [0.3, 0.4) is 0 Å². The highest BCUT2D eigenvalue weighted by molar-refractivity contribution is 5.04. The van der Waals surface area contributed by atoms with Crippen LogP contribution in [0.1, 0.15) is 240 Å². The van der Waals surface area contributed by atoms with Crippen LogP contribution in [-0.2, 0) is 0 Å². The zero-order valence-electron chi connectivity index (χ0n) is 33.8. The molecule has 1 heteroatoms. The lowest BCUT2D eigenvalue weighted by Gasteiger charge is -2.27. The van der Waals surface area contributed by atoms with E-state index in [2.05, 4.69) is 46.1 Å². The molecular weight excluding hydrogens is 567 g/mol. The van der Waals surface area contributed by atoms with E-state index in [1.165, 1.54) is 219 Å². The van der Waals surface area contributed by atoms with E-state index >= 15 is 0 Å². The minimum absolute atomic E-state index is 0.742. The van der Waals surface area contributed by atoms with Crippen molar-refractivity contribution in [3.05, 3.63) is 24.3 Å². The summed E-state index contributed by atoms with van der Waals surface area (Å²) < 4.78 is 0. The van der Waals surface area contributed by atoms with E-state index in [-0.39, 0.29) is 0 Å². The van der Waals surface area contributed by atoms with Crippen molar-refractivity contribution in [1.29, 1.82) is 0 Å². The third-order valence-electron chi connectivity index (χ3n) is 11.0. The van der Waals surface area contributed by atoms with Gasteiger partial charge in [-0.1, -0.05) is 213 Å². The van der Waals surface area contributed by atoms with Gasteiger partial charge in [-0.3, -0.25) is 4.90 Å². The molecule has 0 N–H and O–H groups in total. The van der Waals surface area contributed by atoms with Gasteiger partial charge in [-0.15, -0.1) is 0 Å². The molecule has 0 saturated carbocycles. The Kier molecular flexibility index (Phi) is 36.3. The topological polar surface area (TPSA) is 3.24 Å². The highest BCUT2D eigenvalue weighted by Crippen LogP contribution is 2.29. The lowest BCUT2D eigenvalue weighted by atomic mass is 9.86. The van der Waals surface area contributed by atoms with E-state index in [1.807, 2.05) is 0 Å². The maximum Gasteiger partial charge on any atom is 0.0192 e. The average Bonchev–Trinajstić information content (AvgIpc) is 3.07. The molecule has 0 aliphatic carbocycles. The number of hydrogen-bond donors (Lipinski definition) is 0. The zero-order valence-corrected chi connectivity index (χ0v) is 33.8. The molecule has 47 heavy (non-hydrogen) atoms. The highest BCUT2D eigenvalue weighted by Gasteiger charge is 2.16. The van der Waals surface area contributed by atoms with Gasteiger partial charge in [0.05, 0.1) is 0 Å². The van der Waals surface area contributed by atoms with Gasteiger partial charge >= 0.3 is 0 Å². The first-order valence-corrected chi connectivity index (χ1v) is 22.1. The van der Waals surface area contributed by atoms with Crippen LogP contribution in [0.15, 0.2) is 24.3 Å². The SMILES string of the molecule is C=C(CCCCCCCN(CCCC)CC(=C)C(CCCCCC)CCCCCCCC)C(CCCCCC)CCCCCCCC. The van der Waals surface area contributed by atoms with Gasteiger partial charge in [0.1, 0.15) is 0 Å². The molecule has 0 aromatic carbocycles. The van der Waals surface area contributed by atoms with E-state index in [0.717, 1.165) is 18.4 Å². The lowest BCUT2D eigenvalue weighted by Crippen LogP contribution is -2.30. The van der Waals surface area contributed by atoms with E-state index in [9.17, 15) is 0 Å². The molecule has 0 heterocycles. The minimum atomic E-state index is 0.742. The molecule has 0 spiro atoms. The molecule has 1 nitrogen and oxygen atoms in total. The maximum atomic E-state index is 4.74. The first-order valence-electron chi connectivity index (χ1n) is 22.1. The summed E-state index contributed by atoms with van der Waals surface area (Å²) >= 11 is 0. The summed E-state index contributed by atoms with van der Waals surface area (Å²) in [4.78, 5) is 2.78. The van der Waals surface area contributed by atoms with Crippen LogP contribution in [0.4, 0.5) is 0 Å². The van der Waals surface area contributed by atoms with Crippen molar-refractivity contribution in [2.75, 3.05) is 19.6 Å². The molecule has 0 radical (unpaired) electrons. The Morgan fingerprint density at radius 3 is 1.13 bits per heavy atom. The quantitative estimate of drug-likeness (QED) is 0.0470. The van der Waals surface area contributed by atoms with Crippen LogP contribution >= 0.6 is 0 Å². The van der Waals surface area contributed by atoms with Crippen molar-refractivity contribution < 1.29 is 0 Å². The van der Waals surface area contributed by atoms with Crippen LogP contribution in [0.5, 0.6) is 0 Å². The Hall–Kier alpha value is -0.560. The van der Waals surface area contributed by atoms with Crippen molar-refractivity contribution in [2.24, 2.45) is 11.8 Å². The fraction of sp³-hybridized carbons (Fsp3) is 0.913. The monoisotopic (exact) mass is 658 g/mol. The molecule has 0 aliphatic heterocycles. The molecule has 0 bridgehead atoms. The van der Waals surface area contributed by atoms with E-state index < -0.39 is 0 Å². The maximum absolute atomic E-state index is 4.74. The summed E-state index contributed by atoms with van der Waals surface area (Å²) in [6.07, 6.45) is 44.3. The molecule has 0 aromatic rings. The molecule has 0 aromatic heterocycles. The summed E-state index contributed by atoms with van der Waals surface area (Å²) in [5.41, 5.74) is 3.14. The molecule has 2 unspecified atom stereocenters. The Bertz CT molecular complexity index is 649. The van der Waals surface area contributed by atoms with Crippen LogP contribution in [-0.4, -0.2) is 24.5 Å². The second kappa shape index (κ2) is 36.7. The van der Waals surface area contributed by atoms with Crippen molar-refractivity contribution in [1.82, 2.24) is 4.90 Å². The molecular formula is C46H91N. The fourth-order valence-electron chi connectivity index (χ4n) is 7.57. The van der Waals surface area contributed by atoms with E-state index in [4.69, 9.17) is 6.58 Å². The first kappa shape index (κ1) is 46.4. The Labute approximate surface area is 300 Å². The molecule has 0 saturated heterocycles. The second-order valence-corrected chi connectivity index (χ2v) is 15.7. The molecule has 280 valence electrons. The molecule has 0 fully saturated rings. The van der Waals surface area contributed by atoms with Crippen LogP contribution in [0.25, 0.3) is 0 Å². The molecule has 0 amide bonds. The molecule has 0 rings (SSSR count). The van der Waals surface area contributed by atoms with Crippen molar-refractivity contribution in [3.63, 3.8) is 0 Å². The number of rotatable bonds is 39. The number of nitrogens with zero attached hydrogens (tertiary/aromatic N) is 1. The summed E-state index contributed by atoms with van der Waals surface area (Å²) in [6, 6.07) is 0. The Balaban J connectivity index is 4.60. The molecule has 0 aliphatic rings. The fourth-order valence-corrected chi connectivity index (χ4v) is 7.57. The summed E-state index contributed by atoms with van der Waals surface area (Å²) in [5, 5.41) is 0. The van der Waals surface area contributed by atoms with Gasteiger partial charge in [-0.05, 0) is 76.3 Å². The predicted octanol–water partition coefficient (Wildman–Crippen LogP) is 16.2. The van der Waals surface area contributed by atoms with Gasteiger partial charge in [0.25, 0.3) is 0 Å². The van der Waals surface area contributed by atoms with Crippen LogP contribution < -0.4 is 0 Å². The predicted molar refractivity (Wildman–Crippen MR) is 218 cm³/mol. The zero-order chi connectivity index (χ0) is 34.6. The summed E-state index contributed by atoms with van der Waals surface area (Å²) in [7, 11) is 0. The lowest BCUT2D eigenvalue weighted by molar-refractivity contribution is 0.270. The minimum Gasteiger partial charge on any atom is -0.299 e. The Morgan fingerprint density at radius 1 is 0.362 bits per heavy atom. The van der Waals surface area contributed by atoms with E-state index in [1.54, 1.807) is 11.1 Å². The normalized spacial score (nSPS) is 13.0. The van der Waals surface area contributed by atoms with Gasteiger partial charge in [-0.25, -0.2) is 0 Å². The number of allylic oxidation sites excluding steroid dienone is 1. The van der Waals surface area contributed by atoms with E-state index in [0.29, 0.717) is 0 Å². The van der Waals surface area contributed by atoms with Gasteiger partial charge in [0.15, 0.2) is 0 Å². The molecule has 2 atom stereocenters. The summed E-state index contributed by atoms with van der Waals surface area (Å²) in [6.45, 7) is 24.7. The van der Waals surface area contributed by atoms with Gasteiger partial charge in [0.2, 0.25) is 0 Å². The largest absolute Gasteiger partial charge is 0.299 e. The highest BCUT2D eigenvalue weighted by atomic mass is 15.1. The van der Waals surface area contributed by atoms with Crippen LogP contribution in [0.2, 0.25) is 0 Å². The number of unbranched alkanes of at least 4 members (excludes halogenated alkanes) is 21. The second-order valence-electron chi connectivity index (χ2n) is 15.7. The first-order chi connectivity index (χ1) is 23.0. The smallest absolute Gasteiger partial charge is 0.0192 e. The van der Waals surface area contributed by atoms with Gasteiger partial charge in [0, 0.05) is 6.54 Å². The Morgan fingerprint density at radius 2 is 0.681 bits per heavy atom. The van der Waals surface area contributed by atoms with Gasteiger partial charge < -0.3 is 0 Å². The third-order valence-corrected chi connectivity index (χ3v) is 11.0. The third kappa shape index (κ3) is 30.0. The van der Waals surface area contributed by atoms with Crippen LogP contribution in [0, 0.1) is 11.8 Å². The standard InChI is InChI=1S/C46H91N/c1-8-13-18-22-26-32-37-45(36-30-20-15-10-3)43(6)35-29-25-24-28-34-41-47(40-17-12-5)42-44(7)46(38-31-21-16-11-4)39-33-27-23-19-14-9-2/h45-46H,6-42H2,1-5H3. The van der Waals surface area contributed by atoms with Crippen molar-refractivity contribution in [2.45, 2.75) is 240 Å². The average molecular weight is 658 g/mol. The van der Waals surface area contributed by atoms with Crippen molar-refractivity contribution >= 4 is 0 Å².